The van der Waals surface area contributed by atoms with Crippen LogP contribution in [0.25, 0.3) is 0 Å². The standard InChI is InChI=1S/C44H90O13S2Si2/c1-8-15-17-19-21-25-40(49)51-35-44(12-5,38-56-60(52-13-6,29-23-27-58)54-36-42(10-3,31-45)32-46)39-57-61(53-14-7,55-37-43(11-4,33-47)34-48)30-24-28-59-41(50)26-22-20-18-16-9-2/h45-48,58H,8-39H2,1-7H3. The van der Waals surface area contributed by atoms with Gasteiger partial charge in [0.2, 0.25) is 0 Å². The Morgan fingerprint density at radius 2 is 0.918 bits per heavy atom. The molecule has 4 N–H and O–H groups in total. The van der Waals surface area contributed by atoms with E-state index in [-0.39, 0.29) is 77.2 Å². The minimum Gasteiger partial charge on any atom is -0.465 e. The number of carbonyl (C=O) groups is 2. The number of carbonyl (C=O) groups excluding carboxylic acids is 2. The highest BCUT2D eigenvalue weighted by Gasteiger charge is 2.49. The molecule has 0 saturated carbocycles. The molecule has 0 saturated heterocycles. The number of hydrogen-bond acceptors (Lipinski definition) is 15. The highest BCUT2D eigenvalue weighted by molar-refractivity contribution is 8.13. The Morgan fingerprint density at radius 3 is 1.31 bits per heavy atom. The van der Waals surface area contributed by atoms with Crippen molar-refractivity contribution in [2.45, 2.75) is 170 Å². The van der Waals surface area contributed by atoms with Crippen molar-refractivity contribution in [3.05, 3.63) is 0 Å². The summed E-state index contributed by atoms with van der Waals surface area (Å²) in [5.41, 5.74) is -2.71. The number of unbranched alkanes of at least 4 members (excludes halogenated alkanes) is 8. The van der Waals surface area contributed by atoms with Crippen molar-refractivity contribution in [2.24, 2.45) is 16.2 Å². The molecule has 0 aromatic rings. The summed E-state index contributed by atoms with van der Waals surface area (Å²) < 4.78 is 45.8. The third-order valence-corrected chi connectivity index (χ3v) is 18.8. The van der Waals surface area contributed by atoms with Crippen LogP contribution in [0.2, 0.25) is 12.1 Å². The molecular formula is C44H90O13S2Si2. The minimum absolute atomic E-state index is 0.00201. The molecule has 3 atom stereocenters. The van der Waals surface area contributed by atoms with Crippen molar-refractivity contribution in [1.29, 1.82) is 0 Å². The lowest BCUT2D eigenvalue weighted by atomic mass is 9.88. The first-order valence-corrected chi connectivity index (χ1v) is 29.0. The van der Waals surface area contributed by atoms with Gasteiger partial charge in [0.15, 0.2) is 5.12 Å². The summed E-state index contributed by atoms with van der Waals surface area (Å²) in [5.74, 6) is 0.822. The van der Waals surface area contributed by atoms with Crippen LogP contribution in [-0.2, 0) is 40.9 Å². The second kappa shape index (κ2) is 36.0. The van der Waals surface area contributed by atoms with Crippen LogP contribution in [-0.4, -0.2) is 133 Å². The van der Waals surface area contributed by atoms with Gasteiger partial charge in [-0.2, -0.15) is 12.6 Å². The van der Waals surface area contributed by atoms with Crippen molar-refractivity contribution in [2.75, 3.05) is 84.2 Å². The summed E-state index contributed by atoms with van der Waals surface area (Å²) >= 11 is 5.79. The quantitative estimate of drug-likeness (QED) is 0.0170. The predicted octanol–water partition coefficient (Wildman–Crippen LogP) is 8.40. The van der Waals surface area contributed by atoms with E-state index in [4.69, 9.17) is 31.3 Å². The topological polar surface area (TPSA) is 180 Å². The molecule has 0 spiro atoms. The molecule has 0 aromatic heterocycles. The molecule has 0 aromatic carbocycles. The van der Waals surface area contributed by atoms with Gasteiger partial charge in [-0.05, 0) is 64.5 Å². The molecule has 0 aliphatic carbocycles. The Labute approximate surface area is 383 Å². The average Bonchev–Trinajstić information content (AvgIpc) is 3.28. The lowest BCUT2D eigenvalue weighted by molar-refractivity contribution is -0.150. The van der Waals surface area contributed by atoms with Crippen LogP contribution in [0.15, 0.2) is 0 Å². The highest BCUT2D eigenvalue weighted by Crippen LogP contribution is 2.34. The summed E-state index contributed by atoms with van der Waals surface area (Å²) in [4.78, 5) is 26.0. The summed E-state index contributed by atoms with van der Waals surface area (Å²) in [6.07, 6.45) is 13.9. The van der Waals surface area contributed by atoms with E-state index in [1.54, 1.807) is 0 Å². The SMILES string of the molecule is CCCCCCCC(=O)OCC(CC)(CO[Si](CCCS)(OCC)OCC(CC)(CO)CO)CO[Si](CCCSC(=O)CCCCCCC)(OCC)OCC(CC)(CO)CO. The number of ether oxygens (including phenoxy) is 1. The van der Waals surface area contributed by atoms with Crippen LogP contribution < -0.4 is 0 Å². The molecule has 17 heteroatoms. The van der Waals surface area contributed by atoms with Gasteiger partial charge in [-0.15, -0.1) is 0 Å². The first-order chi connectivity index (χ1) is 29.3. The number of aliphatic hydroxyl groups excluding tert-OH is 4. The maximum absolute atomic E-state index is 13.2. The Balaban J connectivity index is 6.80. The van der Waals surface area contributed by atoms with Gasteiger partial charge in [-0.1, -0.05) is 97.7 Å². The number of thiol groups is 1. The number of hydrogen-bond donors (Lipinski definition) is 5. The van der Waals surface area contributed by atoms with E-state index in [2.05, 4.69) is 26.5 Å². The van der Waals surface area contributed by atoms with Crippen LogP contribution >= 0.6 is 24.4 Å². The molecule has 61 heavy (non-hydrogen) atoms. The van der Waals surface area contributed by atoms with E-state index in [0.29, 0.717) is 75.1 Å². The van der Waals surface area contributed by atoms with Gasteiger partial charge in [0.1, 0.15) is 6.61 Å². The molecule has 3 unspecified atom stereocenters. The first kappa shape index (κ1) is 60.9. The smallest absolute Gasteiger partial charge is 0.465 e. The largest absolute Gasteiger partial charge is 0.501 e. The van der Waals surface area contributed by atoms with E-state index in [1.807, 2.05) is 34.6 Å². The van der Waals surface area contributed by atoms with Gasteiger partial charge < -0.3 is 51.7 Å². The van der Waals surface area contributed by atoms with Crippen LogP contribution in [0.1, 0.15) is 158 Å². The average molecular weight is 947 g/mol. The number of rotatable bonds is 44. The van der Waals surface area contributed by atoms with Crippen molar-refractivity contribution in [1.82, 2.24) is 0 Å². The Hall–Kier alpha value is -0.126. The van der Waals surface area contributed by atoms with Crippen LogP contribution in [0.5, 0.6) is 0 Å². The molecular weight excluding hydrogens is 857 g/mol. The fraction of sp³-hybridized carbons (Fsp3) is 0.955. The summed E-state index contributed by atoms with van der Waals surface area (Å²) in [6, 6.07) is 0.826. The van der Waals surface area contributed by atoms with E-state index < -0.39 is 33.9 Å². The zero-order valence-electron chi connectivity index (χ0n) is 39.4. The molecule has 0 amide bonds. The normalized spacial score (nSPS) is 15.3. The molecule has 0 aliphatic heterocycles. The van der Waals surface area contributed by atoms with E-state index >= 15 is 0 Å². The summed E-state index contributed by atoms with van der Waals surface area (Å²) in [5, 5.41) is 41.4. The van der Waals surface area contributed by atoms with E-state index in [1.165, 1.54) is 18.2 Å². The highest BCUT2D eigenvalue weighted by atomic mass is 32.2. The second-order valence-corrected chi connectivity index (χ2v) is 23.8. The molecule has 0 aliphatic rings. The van der Waals surface area contributed by atoms with Crippen LogP contribution in [0, 0.1) is 16.2 Å². The second-order valence-electron chi connectivity index (χ2n) is 16.7. The maximum Gasteiger partial charge on any atom is 0.501 e. The van der Waals surface area contributed by atoms with Crippen molar-refractivity contribution >= 4 is 53.1 Å². The van der Waals surface area contributed by atoms with Crippen LogP contribution in [0.4, 0.5) is 0 Å². The van der Waals surface area contributed by atoms with Gasteiger partial charge in [-0.3, -0.25) is 9.59 Å². The first-order valence-electron chi connectivity index (χ1n) is 23.5. The Morgan fingerprint density at radius 1 is 0.508 bits per heavy atom. The molecule has 13 nitrogen and oxygen atoms in total. The van der Waals surface area contributed by atoms with Crippen LogP contribution in [0.3, 0.4) is 0 Å². The van der Waals surface area contributed by atoms with Crippen molar-refractivity contribution < 1.29 is 61.3 Å². The fourth-order valence-electron chi connectivity index (χ4n) is 6.43. The Kier molecular flexibility index (Phi) is 36.0. The van der Waals surface area contributed by atoms with E-state index in [9.17, 15) is 30.0 Å². The third-order valence-electron chi connectivity index (χ3n) is 11.8. The fourth-order valence-corrected chi connectivity index (χ4v) is 13.5. The predicted molar refractivity (Wildman–Crippen MR) is 253 cm³/mol. The molecule has 0 bridgehead atoms. The molecule has 364 valence electrons. The van der Waals surface area contributed by atoms with Gasteiger partial charge >= 0.3 is 23.6 Å². The lowest BCUT2D eigenvalue weighted by Gasteiger charge is -2.41. The molecule has 0 fully saturated rings. The van der Waals surface area contributed by atoms with E-state index in [0.717, 1.165) is 57.8 Å². The molecule has 0 heterocycles. The van der Waals surface area contributed by atoms with Crippen molar-refractivity contribution in [3.63, 3.8) is 0 Å². The monoisotopic (exact) mass is 947 g/mol. The minimum atomic E-state index is -3.61. The zero-order valence-corrected chi connectivity index (χ0v) is 43.2. The number of thioether (sulfide) groups is 1. The third kappa shape index (κ3) is 24.8. The van der Waals surface area contributed by atoms with Gasteiger partial charge in [0, 0.05) is 86.6 Å². The zero-order chi connectivity index (χ0) is 45.9. The molecule has 0 radical (unpaired) electrons. The summed E-state index contributed by atoms with van der Waals surface area (Å²) in [6.45, 7) is 13.4. The number of aliphatic hydroxyl groups is 4. The Bertz CT molecular complexity index is 1080. The number of esters is 1. The van der Waals surface area contributed by atoms with Gasteiger partial charge in [0.25, 0.3) is 0 Å². The summed E-state index contributed by atoms with van der Waals surface area (Å²) in [7, 11) is -7.11. The molecule has 0 rings (SSSR count). The maximum atomic E-state index is 13.2. The van der Waals surface area contributed by atoms with Crippen molar-refractivity contribution in [3.8, 4) is 0 Å². The van der Waals surface area contributed by atoms with Gasteiger partial charge in [-0.25, -0.2) is 0 Å². The van der Waals surface area contributed by atoms with Gasteiger partial charge in [0.05, 0.1) is 26.4 Å². The lowest BCUT2D eigenvalue weighted by Crippen LogP contribution is -2.54.